The van der Waals surface area contributed by atoms with E-state index in [1.54, 1.807) is 21.3 Å². The van der Waals surface area contributed by atoms with Crippen molar-refractivity contribution in [1.29, 1.82) is 0 Å². The second-order valence-corrected chi connectivity index (χ2v) is 4.21. The molecule has 0 amide bonds. The minimum Gasteiger partial charge on any atom is -0.493 e. The molecule has 0 aromatic heterocycles. The lowest BCUT2D eigenvalue weighted by Crippen LogP contribution is -2.25. The summed E-state index contributed by atoms with van der Waals surface area (Å²) in [7, 11) is 6.89. The minimum atomic E-state index is 0.0465. The molecular weight excluding hydrogens is 218 g/mol. The molecule has 0 radical (unpaired) electrons. The predicted octanol–water partition coefficient (Wildman–Crippen LogP) is 1.92. The number of benzene rings is 1. The summed E-state index contributed by atoms with van der Waals surface area (Å²) in [5.41, 5.74) is 1.19. The molecular formula is C13H19NO3. The van der Waals surface area contributed by atoms with Crippen molar-refractivity contribution < 1.29 is 14.2 Å². The maximum absolute atomic E-state index is 5.49. The minimum absolute atomic E-state index is 0.0465. The Morgan fingerprint density at radius 1 is 1.00 bits per heavy atom. The Bertz CT molecular complexity index is 413. The number of rotatable bonds is 5. The van der Waals surface area contributed by atoms with E-state index in [0.29, 0.717) is 11.5 Å². The van der Waals surface area contributed by atoms with Gasteiger partial charge in [0.25, 0.3) is 0 Å². The maximum atomic E-state index is 5.49. The summed E-state index contributed by atoms with van der Waals surface area (Å²) in [6.45, 7) is 0. The molecule has 4 nitrogen and oxygen atoms in total. The first-order chi connectivity index (χ1) is 8.22. The first-order valence-corrected chi connectivity index (χ1v) is 5.70. The monoisotopic (exact) mass is 237 g/mol. The van der Waals surface area contributed by atoms with Crippen LogP contribution in [0.25, 0.3) is 0 Å². The summed E-state index contributed by atoms with van der Waals surface area (Å²) in [4.78, 5) is 0. The Morgan fingerprint density at radius 3 is 2.06 bits per heavy atom. The largest absolute Gasteiger partial charge is 0.493 e. The highest BCUT2D eigenvalue weighted by molar-refractivity contribution is 5.58. The Hall–Kier alpha value is -1.42. The number of ether oxygens (including phenoxy) is 3. The lowest BCUT2D eigenvalue weighted by Gasteiger charge is -2.21. The molecule has 0 unspecified atom stereocenters. The van der Waals surface area contributed by atoms with Gasteiger partial charge in [-0.05, 0) is 32.0 Å². The first-order valence-electron chi connectivity index (χ1n) is 5.70. The average molecular weight is 237 g/mol. The molecule has 0 atom stereocenters. The Kier molecular flexibility index (Phi) is 3.15. The molecule has 0 heterocycles. The van der Waals surface area contributed by atoms with Crippen molar-refractivity contribution in [3.8, 4) is 17.2 Å². The predicted molar refractivity (Wildman–Crippen MR) is 66.1 cm³/mol. The summed E-state index contributed by atoms with van der Waals surface area (Å²) < 4.78 is 16.2. The van der Waals surface area contributed by atoms with Gasteiger partial charge in [-0.1, -0.05) is 0 Å². The van der Waals surface area contributed by atoms with E-state index >= 15 is 0 Å². The standard InChI is InChI=1S/C13H19NO3/c1-14-13(7-8-13)9-5-6-10(15-2)12(17-4)11(9)16-3/h5-6,14H,7-8H2,1-4H3. The molecule has 1 N–H and O–H groups in total. The number of hydrogen-bond donors (Lipinski definition) is 1. The molecule has 1 saturated carbocycles. The van der Waals surface area contributed by atoms with E-state index in [0.717, 1.165) is 24.2 Å². The van der Waals surface area contributed by atoms with Crippen molar-refractivity contribution in [2.24, 2.45) is 0 Å². The molecule has 0 aliphatic heterocycles. The molecule has 1 aromatic carbocycles. The molecule has 17 heavy (non-hydrogen) atoms. The van der Waals surface area contributed by atoms with Gasteiger partial charge in [-0.2, -0.15) is 0 Å². The normalized spacial score (nSPS) is 16.5. The van der Waals surface area contributed by atoms with E-state index < -0.39 is 0 Å². The van der Waals surface area contributed by atoms with Gasteiger partial charge in [0.05, 0.1) is 21.3 Å². The van der Waals surface area contributed by atoms with Gasteiger partial charge < -0.3 is 19.5 Å². The van der Waals surface area contributed by atoms with Crippen molar-refractivity contribution in [2.75, 3.05) is 28.4 Å². The summed E-state index contributed by atoms with van der Waals surface area (Å²) in [6.07, 6.45) is 2.24. The number of hydrogen-bond acceptors (Lipinski definition) is 4. The van der Waals surface area contributed by atoms with Crippen LogP contribution >= 0.6 is 0 Å². The third kappa shape index (κ3) is 1.82. The van der Waals surface area contributed by atoms with Crippen LogP contribution in [0.4, 0.5) is 0 Å². The van der Waals surface area contributed by atoms with Gasteiger partial charge in [-0.3, -0.25) is 0 Å². The van der Waals surface area contributed by atoms with Crippen LogP contribution in [0.5, 0.6) is 17.2 Å². The maximum Gasteiger partial charge on any atom is 0.203 e. The fraction of sp³-hybridized carbons (Fsp3) is 0.538. The van der Waals surface area contributed by atoms with E-state index in [-0.39, 0.29) is 5.54 Å². The third-order valence-electron chi connectivity index (χ3n) is 3.45. The molecule has 0 spiro atoms. The molecule has 0 saturated heterocycles. The quantitative estimate of drug-likeness (QED) is 0.849. The molecule has 2 rings (SSSR count). The van der Waals surface area contributed by atoms with Crippen molar-refractivity contribution in [3.63, 3.8) is 0 Å². The fourth-order valence-corrected chi connectivity index (χ4v) is 2.26. The summed E-state index contributed by atoms with van der Waals surface area (Å²) in [6, 6.07) is 3.97. The smallest absolute Gasteiger partial charge is 0.203 e. The summed E-state index contributed by atoms with van der Waals surface area (Å²) in [5, 5.41) is 3.36. The second kappa shape index (κ2) is 4.45. The molecule has 0 bridgehead atoms. The Balaban J connectivity index is 2.54. The van der Waals surface area contributed by atoms with Gasteiger partial charge in [0.15, 0.2) is 11.5 Å². The van der Waals surface area contributed by atoms with E-state index in [1.165, 1.54) is 0 Å². The summed E-state index contributed by atoms with van der Waals surface area (Å²) >= 11 is 0. The van der Waals surface area contributed by atoms with Gasteiger partial charge in [-0.15, -0.1) is 0 Å². The van der Waals surface area contributed by atoms with E-state index in [4.69, 9.17) is 14.2 Å². The number of nitrogens with one attached hydrogen (secondary N) is 1. The lowest BCUT2D eigenvalue weighted by molar-refractivity contribution is 0.318. The molecule has 1 aliphatic rings. The zero-order chi connectivity index (χ0) is 12.5. The third-order valence-corrected chi connectivity index (χ3v) is 3.45. The van der Waals surface area contributed by atoms with Crippen LogP contribution in [-0.2, 0) is 5.54 Å². The van der Waals surface area contributed by atoms with E-state index in [2.05, 4.69) is 5.32 Å². The molecule has 1 aliphatic carbocycles. The van der Waals surface area contributed by atoms with Crippen molar-refractivity contribution in [2.45, 2.75) is 18.4 Å². The van der Waals surface area contributed by atoms with Crippen LogP contribution in [-0.4, -0.2) is 28.4 Å². The van der Waals surface area contributed by atoms with Crippen LogP contribution < -0.4 is 19.5 Å². The van der Waals surface area contributed by atoms with Gasteiger partial charge in [0.1, 0.15) is 0 Å². The van der Waals surface area contributed by atoms with Gasteiger partial charge >= 0.3 is 0 Å². The van der Waals surface area contributed by atoms with Crippen LogP contribution in [0.3, 0.4) is 0 Å². The second-order valence-electron chi connectivity index (χ2n) is 4.21. The number of methoxy groups -OCH3 is 3. The first kappa shape index (κ1) is 12.0. The van der Waals surface area contributed by atoms with Crippen LogP contribution in [0.15, 0.2) is 12.1 Å². The molecule has 1 aromatic rings. The van der Waals surface area contributed by atoms with E-state index in [9.17, 15) is 0 Å². The highest BCUT2D eigenvalue weighted by atomic mass is 16.5. The van der Waals surface area contributed by atoms with Gasteiger partial charge in [0, 0.05) is 11.1 Å². The van der Waals surface area contributed by atoms with Gasteiger partial charge in [-0.25, -0.2) is 0 Å². The molecule has 1 fully saturated rings. The molecule has 4 heteroatoms. The van der Waals surface area contributed by atoms with Crippen LogP contribution in [0.2, 0.25) is 0 Å². The zero-order valence-corrected chi connectivity index (χ0v) is 10.8. The highest BCUT2D eigenvalue weighted by Crippen LogP contribution is 2.52. The van der Waals surface area contributed by atoms with Crippen molar-refractivity contribution in [3.05, 3.63) is 17.7 Å². The van der Waals surface area contributed by atoms with Crippen molar-refractivity contribution >= 4 is 0 Å². The molecule has 94 valence electrons. The lowest BCUT2D eigenvalue weighted by atomic mass is 10.0. The van der Waals surface area contributed by atoms with Gasteiger partial charge in [0.2, 0.25) is 5.75 Å². The van der Waals surface area contributed by atoms with Crippen LogP contribution in [0.1, 0.15) is 18.4 Å². The Morgan fingerprint density at radius 2 is 1.65 bits per heavy atom. The van der Waals surface area contributed by atoms with E-state index in [1.807, 2.05) is 19.2 Å². The zero-order valence-electron chi connectivity index (χ0n) is 10.8. The summed E-state index contributed by atoms with van der Waals surface area (Å²) in [5.74, 6) is 2.12. The van der Waals surface area contributed by atoms with Crippen LogP contribution in [0, 0.1) is 0 Å². The Labute approximate surface area is 102 Å². The fourth-order valence-electron chi connectivity index (χ4n) is 2.26. The SMILES string of the molecule is CNC1(c2ccc(OC)c(OC)c2OC)CC1. The highest BCUT2D eigenvalue weighted by Gasteiger charge is 2.45. The topological polar surface area (TPSA) is 39.7 Å². The van der Waals surface area contributed by atoms with Crippen molar-refractivity contribution in [1.82, 2.24) is 5.32 Å². The average Bonchev–Trinajstić information content (AvgIpc) is 3.17.